The van der Waals surface area contributed by atoms with Crippen molar-refractivity contribution in [1.29, 1.82) is 0 Å². The maximum atomic E-state index is 2.55. The van der Waals surface area contributed by atoms with E-state index >= 15 is 0 Å². The Labute approximate surface area is 118 Å². The average Bonchev–Trinajstić information content (AvgIpc) is 2.44. The van der Waals surface area contributed by atoms with Gasteiger partial charge in [0.05, 0.1) is 5.39 Å². The third-order valence-corrected chi connectivity index (χ3v) is 6.35. The number of hydrogen-bond acceptors (Lipinski definition) is 1. The number of aromatic nitrogens is 1. The average molecular weight is 281 g/mol. The first kappa shape index (κ1) is 11.5. The summed E-state index contributed by atoms with van der Waals surface area (Å²) in [5.41, 5.74) is 1.44. The zero-order valence-electron chi connectivity index (χ0n) is 11.1. The second-order valence-electron chi connectivity index (χ2n) is 5.28. The first-order chi connectivity index (χ1) is 9.25. The summed E-state index contributed by atoms with van der Waals surface area (Å²) >= 11 is 1.97. The zero-order chi connectivity index (χ0) is 13.0. The predicted molar refractivity (Wildman–Crippen MR) is 84.6 cm³/mol. The molecule has 0 saturated carbocycles. The Hall–Kier alpha value is -1.32. The van der Waals surface area contributed by atoms with Gasteiger partial charge in [-0.05, 0) is 29.7 Å². The molecule has 1 aromatic heterocycles. The normalized spacial score (nSPS) is 13.8. The monoisotopic (exact) mass is 281 g/mol. The molecule has 19 heavy (non-hydrogen) atoms. The molecule has 1 radical (unpaired) electrons. The summed E-state index contributed by atoms with van der Waals surface area (Å²) in [6.45, 7) is 4.75. The van der Waals surface area contributed by atoms with Crippen molar-refractivity contribution in [2.75, 3.05) is 0 Å². The van der Waals surface area contributed by atoms with E-state index in [0.717, 1.165) is 5.88 Å². The number of rotatable bonds is 1. The molecule has 0 fully saturated rings. The number of nitrogens with zero attached hydrogens (tertiary/aromatic N) is 1. The van der Waals surface area contributed by atoms with Crippen molar-refractivity contribution in [3.8, 4) is 0 Å². The molecule has 0 spiro atoms. The van der Waals surface area contributed by atoms with Crippen LogP contribution in [0.1, 0.15) is 0 Å². The van der Waals surface area contributed by atoms with E-state index in [9.17, 15) is 0 Å². The topological polar surface area (TPSA) is 3.88 Å². The Bertz CT molecular complexity index is 811. The summed E-state index contributed by atoms with van der Waals surface area (Å²) in [6.07, 6.45) is 0. The lowest BCUT2D eigenvalue weighted by Gasteiger charge is -2.16. The SMILES string of the molecule is C[Si](C)c1ccc2ccc3cccc4c3c2[n+]1CS4. The summed E-state index contributed by atoms with van der Waals surface area (Å²) in [4.78, 5) is 1.43. The van der Waals surface area contributed by atoms with Crippen LogP contribution in [0.4, 0.5) is 0 Å². The van der Waals surface area contributed by atoms with Crippen LogP contribution in [-0.2, 0) is 5.88 Å². The van der Waals surface area contributed by atoms with Crippen LogP contribution in [0.2, 0.25) is 13.1 Å². The minimum Gasteiger partial charge on any atom is -0.190 e. The van der Waals surface area contributed by atoms with Gasteiger partial charge in [0.25, 0.3) is 0 Å². The molecule has 3 aromatic rings. The van der Waals surface area contributed by atoms with Crippen LogP contribution in [0.5, 0.6) is 0 Å². The fourth-order valence-electron chi connectivity index (χ4n) is 2.97. The van der Waals surface area contributed by atoms with Crippen LogP contribution in [0.3, 0.4) is 0 Å². The fraction of sp³-hybridized carbons (Fsp3) is 0.188. The van der Waals surface area contributed by atoms with E-state index in [1.54, 1.807) is 0 Å². The molecule has 0 N–H and O–H groups in total. The Balaban J connectivity index is 2.27. The number of thioether (sulfide) groups is 1. The van der Waals surface area contributed by atoms with Crippen LogP contribution >= 0.6 is 11.8 Å². The molecule has 1 aliphatic rings. The Morgan fingerprint density at radius 1 is 1.00 bits per heavy atom. The zero-order valence-corrected chi connectivity index (χ0v) is 12.9. The van der Waals surface area contributed by atoms with Crippen molar-refractivity contribution in [1.82, 2.24) is 0 Å². The molecule has 4 rings (SSSR count). The summed E-state index contributed by atoms with van der Waals surface area (Å²) in [6, 6.07) is 15.8. The number of benzene rings is 2. The van der Waals surface area contributed by atoms with Gasteiger partial charge in [-0.1, -0.05) is 43.1 Å². The highest BCUT2D eigenvalue weighted by atomic mass is 32.2. The highest BCUT2D eigenvalue weighted by molar-refractivity contribution is 7.98. The van der Waals surface area contributed by atoms with Gasteiger partial charge in [-0.3, -0.25) is 0 Å². The van der Waals surface area contributed by atoms with Crippen LogP contribution in [0.15, 0.2) is 47.4 Å². The first-order valence-corrected chi connectivity index (χ1v) is 10.1. The van der Waals surface area contributed by atoms with Crippen molar-refractivity contribution in [3.05, 3.63) is 42.5 Å². The molecule has 0 unspecified atom stereocenters. The van der Waals surface area contributed by atoms with Gasteiger partial charge in [0.15, 0.2) is 20.0 Å². The quantitative estimate of drug-likeness (QED) is 0.376. The van der Waals surface area contributed by atoms with E-state index in [1.807, 2.05) is 11.8 Å². The Kier molecular flexibility index (Phi) is 2.47. The lowest BCUT2D eigenvalue weighted by molar-refractivity contribution is -0.631. The van der Waals surface area contributed by atoms with E-state index in [0.29, 0.717) is 0 Å². The molecular formula is C16H15NSSi+. The Morgan fingerprint density at radius 2 is 1.79 bits per heavy atom. The van der Waals surface area contributed by atoms with Gasteiger partial charge in [-0.2, -0.15) is 4.57 Å². The standard InChI is InChI=1S/C16H15NSSi/c1-19(2)14-9-8-12-7-6-11-4-3-5-13-15(11)16(12)17(14)10-18-13/h3-9H,10H2,1-2H3/q+1. The fourth-order valence-corrected chi connectivity index (χ4v) is 5.30. The minimum atomic E-state index is -0.433. The smallest absolute Gasteiger partial charge is 0.190 e. The second kappa shape index (κ2) is 4.08. The van der Waals surface area contributed by atoms with E-state index in [1.165, 1.54) is 31.9 Å². The van der Waals surface area contributed by atoms with Gasteiger partial charge in [0.1, 0.15) is 0 Å². The van der Waals surface area contributed by atoms with Crippen molar-refractivity contribution >= 4 is 47.6 Å². The van der Waals surface area contributed by atoms with E-state index in [2.05, 4.69) is 60.1 Å². The molecule has 0 aliphatic carbocycles. The molecule has 3 heteroatoms. The molecule has 0 amide bonds. The van der Waals surface area contributed by atoms with Crippen LogP contribution in [0.25, 0.3) is 21.7 Å². The molecule has 93 valence electrons. The van der Waals surface area contributed by atoms with Crippen molar-refractivity contribution in [2.24, 2.45) is 0 Å². The van der Waals surface area contributed by atoms with Crippen molar-refractivity contribution in [2.45, 2.75) is 23.9 Å². The van der Waals surface area contributed by atoms with Gasteiger partial charge in [0, 0.05) is 10.3 Å². The molecule has 2 heterocycles. The summed E-state index contributed by atoms with van der Waals surface area (Å²) in [7, 11) is -0.433. The molecule has 0 saturated heterocycles. The molecule has 0 atom stereocenters. The molecule has 1 aliphatic heterocycles. The van der Waals surface area contributed by atoms with Gasteiger partial charge in [0.2, 0.25) is 5.52 Å². The van der Waals surface area contributed by atoms with E-state index in [-0.39, 0.29) is 0 Å². The van der Waals surface area contributed by atoms with Crippen molar-refractivity contribution in [3.63, 3.8) is 0 Å². The number of hydrogen-bond donors (Lipinski definition) is 0. The van der Waals surface area contributed by atoms with Gasteiger partial charge in [-0.15, -0.1) is 0 Å². The third-order valence-electron chi connectivity index (χ3n) is 3.85. The van der Waals surface area contributed by atoms with E-state index < -0.39 is 8.80 Å². The van der Waals surface area contributed by atoms with Crippen LogP contribution in [0, 0.1) is 0 Å². The maximum absolute atomic E-state index is 2.55. The number of pyridine rings is 1. The lowest BCUT2D eigenvalue weighted by atomic mass is 10.1. The highest BCUT2D eigenvalue weighted by Gasteiger charge is 2.26. The largest absolute Gasteiger partial charge is 0.222 e. The summed E-state index contributed by atoms with van der Waals surface area (Å²) < 4.78 is 2.55. The van der Waals surface area contributed by atoms with Gasteiger partial charge < -0.3 is 0 Å². The van der Waals surface area contributed by atoms with E-state index in [4.69, 9.17) is 0 Å². The molecule has 2 aromatic carbocycles. The summed E-state index contributed by atoms with van der Waals surface area (Å²) in [5.74, 6) is 1.05. The Morgan fingerprint density at radius 3 is 2.63 bits per heavy atom. The third kappa shape index (κ3) is 1.58. The van der Waals surface area contributed by atoms with Crippen LogP contribution in [-0.4, -0.2) is 8.80 Å². The predicted octanol–water partition coefficient (Wildman–Crippen LogP) is 3.31. The molecular weight excluding hydrogens is 266 g/mol. The second-order valence-corrected chi connectivity index (χ2v) is 8.78. The first-order valence-electron chi connectivity index (χ1n) is 6.57. The summed E-state index contributed by atoms with van der Waals surface area (Å²) in [5, 5.41) is 5.71. The lowest BCUT2D eigenvalue weighted by Crippen LogP contribution is -2.55. The van der Waals surface area contributed by atoms with Crippen molar-refractivity contribution < 1.29 is 4.57 Å². The molecule has 1 nitrogen and oxygen atoms in total. The van der Waals surface area contributed by atoms with Gasteiger partial charge >= 0.3 is 0 Å². The molecule has 0 bridgehead atoms. The van der Waals surface area contributed by atoms with Gasteiger partial charge in [-0.25, -0.2) is 0 Å². The minimum absolute atomic E-state index is 0.433. The maximum Gasteiger partial charge on any atom is 0.222 e. The highest BCUT2D eigenvalue weighted by Crippen LogP contribution is 2.35. The van der Waals surface area contributed by atoms with Crippen LogP contribution < -0.4 is 9.88 Å².